The van der Waals surface area contributed by atoms with Crippen molar-refractivity contribution in [2.24, 2.45) is 4.99 Å². The van der Waals surface area contributed by atoms with Gasteiger partial charge in [-0.2, -0.15) is 4.99 Å². The Morgan fingerprint density at radius 1 is 1.57 bits per heavy atom. The normalized spacial score (nSPS) is 9.29. The van der Waals surface area contributed by atoms with E-state index >= 15 is 0 Å². The summed E-state index contributed by atoms with van der Waals surface area (Å²) < 4.78 is 13.0. The number of aliphatic imine (C=N–C) groups is 1. The number of nitro benzene ring substituents is 1. The number of rotatable bonds is 2. The van der Waals surface area contributed by atoms with E-state index in [9.17, 15) is 19.3 Å². The minimum atomic E-state index is -0.911. The summed E-state index contributed by atoms with van der Waals surface area (Å²) in [6, 6.07) is 1.85. The number of nitrogens with zero attached hydrogens (tertiary/aromatic N) is 2. The number of isocyanates is 1. The summed E-state index contributed by atoms with van der Waals surface area (Å²) in [6.45, 7) is 1.43. The van der Waals surface area contributed by atoms with E-state index in [1.54, 1.807) is 0 Å². The van der Waals surface area contributed by atoms with Gasteiger partial charge in [0.1, 0.15) is 5.69 Å². The van der Waals surface area contributed by atoms with Crippen molar-refractivity contribution >= 4 is 17.5 Å². The van der Waals surface area contributed by atoms with Crippen molar-refractivity contribution in [1.82, 2.24) is 0 Å². The first-order chi connectivity index (χ1) is 6.56. The van der Waals surface area contributed by atoms with E-state index in [0.29, 0.717) is 0 Å². The molecule has 0 aliphatic carbocycles. The predicted molar refractivity (Wildman–Crippen MR) is 45.6 cm³/mol. The van der Waals surface area contributed by atoms with E-state index in [-0.39, 0.29) is 16.9 Å². The van der Waals surface area contributed by atoms with Gasteiger partial charge in [0.2, 0.25) is 6.08 Å². The standard InChI is InChI=1S/C8H5FN2O3/c1-5-2-7(10-4-12)6(9)3-8(5)11(13)14/h2-3H,1H3. The molecule has 1 rings (SSSR count). The molecular weight excluding hydrogens is 191 g/mol. The zero-order valence-electron chi connectivity index (χ0n) is 7.15. The highest BCUT2D eigenvalue weighted by Crippen LogP contribution is 2.26. The Hall–Kier alpha value is -2.07. The van der Waals surface area contributed by atoms with Gasteiger partial charge >= 0.3 is 0 Å². The molecule has 0 radical (unpaired) electrons. The van der Waals surface area contributed by atoms with Gasteiger partial charge in [-0.05, 0) is 13.0 Å². The van der Waals surface area contributed by atoms with Crippen LogP contribution >= 0.6 is 0 Å². The van der Waals surface area contributed by atoms with Gasteiger partial charge in [-0.3, -0.25) is 10.1 Å². The minimum Gasteiger partial charge on any atom is -0.258 e. The van der Waals surface area contributed by atoms with Gasteiger partial charge in [0.25, 0.3) is 5.69 Å². The molecule has 0 unspecified atom stereocenters. The van der Waals surface area contributed by atoms with Crippen LogP contribution in [0.25, 0.3) is 0 Å². The topological polar surface area (TPSA) is 72.6 Å². The summed E-state index contributed by atoms with van der Waals surface area (Å²) in [5.74, 6) is -0.911. The van der Waals surface area contributed by atoms with E-state index in [2.05, 4.69) is 4.99 Å². The molecule has 5 nitrogen and oxygen atoms in total. The van der Waals surface area contributed by atoms with Crippen molar-refractivity contribution in [2.45, 2.75) is 6.92 Å². The molecule has 14 heavy (non-hydrogen) atoms. The molecule has 0 aliphatic heterocycles. The molecule has 0 heterocycles. The van der Waals surface area contributed by atoms with E-state index in [4.69, 9.17) is 0 Å². The van der Waals surface area contributed by atoms with Gasteiger partial charge < -0.3 is 0 Å². The maximum absolute atomic E-state index is 13.0. The van der Waals surface area contributed by atoms with E-state index in [1.165, 1.54) is 13.0 Å². The SMILES string of the molecule is Cc1cc(N=C=O)c(F)cc1[N+](=O)[O-]. The molecule has 0 saturated carbocycles. The van der Waals surface area contributed by atoms with Crippen LogP contribution in [0.5, 0.6) is 0 Å². The third kappa shape index (κ3) is 1.81. The molecule has 6 heteroatoms. The molecule has 0 aliphatic rings. The van der Waals surface area contributed by atoms with Crippen molar-refractivity contribution < 1.29 is 14.1 Å². The molecule has 0 bridgehead atoms. The molecule has 0 amide bonds. The second-order valence-corrected chi connectivity index (χ2v) is 2.55. The quantitative estimate of drug-likeness (QED) is 0.314. The lowest BCUT2D eigenvalue weighted by atomic mass is 10.2. The Labute approximate surface area is 78.0 Å². The first kappa shape index (κ1) is 10.0. The van der Waals surface area contributed by atoms with Crippen molar-refractivity contribution in [3.05, 3.63) is 33.6 Å². The number of aryl methyl sites for hydroxylation is 1. The summed E-state index contributed by atoms with van der Waals surface area (Å²) >= 11 is 0. The van der Waals surface area contributed by atoms with Crippen LogP contribution < -0.4 is 0 Å². The molecule has 0 fully saturated rings. The lowest BCUT2D eigenvalue weighted by molar-refractivity contribution is -0.385. The van der Waals surface area contributed by atoms with Crippen molar-refractivity contribution in [2.75, 3.05) is 0 Å². The van der Waals surface area contributed by atoms with Crippen LogP contribution in [0.1, 0.15) is 5.56 Å². The highest BCUT2D eigenvalue weighted by atomic mass is 19.1. The zero-order chi connectivity index (χ0) is 10.7. The maximum atomic E-state index is 13.0. The third-order valence-corrected chi connectivity index (χ3v) is 1.63. The van der Waals surface area contributed by atoms with Gasteiger partial charge in [0, 0.05) is 5.56 Å². The fourth-order valence-electron chi connectivity index (χ4n) is 0.987. The van der Waals surface area contributed by atoms with Crippen LogP contribution in [-0.4, -0.2) is 11.0 Å². The fraction of sp³-hybridized carbons (Fsp3) is 0.125. The Kier molecular flexibility index (Phi) is 2.69. The summed E-state index contributed by atoms with van der Waals surface area (Å²) in [7, 11) is 0. The average Bonchev–Trinajstić information content (AvgIpc) is 2.10. The van der Waals surface area contributed by atoms with Crippen LogP contribution in [0.2, 0.25) is 0 Å². The number of carbonyl (C=O) groups excluding carboxylic acids is 1. The highest BCUT2D eigenvalue weighted by Gasteiger charge is 2.14. The van der Waals surface area contributed by atoms with Crippen LogP contribution in [0.15, 0.2) is 17.1 Å². The van der Waals surface area contributed by atoms with Crippen LogP contribution in [0.3, 0.4) is 0 Å². The lowest BCUT2D eigenvalue weighted by Gasteiger charge is -1.98. The number of benzene rings is 1. The summed E-state index contributed by atoms with van der Waals surface area (Å²) in [5, 5.41) is 10.4. The lowest BCUT2D eigenvalue weighted by Crippen LogP contribution is -1.92. The third-order valence-electron chi connectivity index (χ3n) is 1.63. The van der Waals surface area contributed by atoms with E-state index in [0.717, 1.165) is 12.1 Å². The molecule has 0 spiro atoms. The van der Waals surface area contributed by atoms with Gasteiger partial charge in [-0.15, -0.1) is 0 Å². The first-order valence-electron chi connectivity index (χ1n) is 3.58. The van der Waals surface area contributed by atoms with Crippen molar-refractivity contribution in [3.63, 3.8) is 0 Å². The van der Waals surface area contributed by atoms with Gasteiger partial charge in [-0.1, -0.05) is 0 Å². The Morgan fingerprint density at radius 3 is 2.71 bits per heavy atom. The van der Waals surface area contributed by atoms with E-state index < -0.39 is 10.7 Å². The summed E-state index contributed by atoms with van der Waals surface area (Å²) in [6.07, 6.45) is 1.17. The number of hydrogen-bond donors (Lipinski definition) is 0. The zero-order valence-corrected chi connectivity index (χ0v) is 7.15. The maximum Gasteiger partial charge on any atom is 0.275 e. The van der Waals surface area contributed by atoms with Gasteiger partial charge in [-0.25, -0.2) is 9.18 Å². The second-order valence-electron chi connectivity index (χ2n) is 2.55. The van der Waals surface area contributed by atoms with Crippen LogP contribution in [-0.2, 0) is 4.79 Å². The molecular formula is C8H5FN2O3. The predicted octanol–water partition coefficient (Wildman–Crippen LogP) is 2.01. The summed E-state index contributed by atoms with van der Waals surface area (Å²) in [5.41, 5.74) is -0.346. The molecule has 72 valence electrons. The Morgan fingerprint density at radius 2 is 2.21 bits per heavy atom. The number of halogens is 1. The first-order valence-corrected chi connectivity index (χ1v) is 3.58. The van der Waals surface area contributed by atoms with Crippen LogP contribution in [0, 0.1) is 22.9 Å². The molecule has 1 aromatic carbocycles. The Balaban J connectivity index is 3.37. The highest BCUT2D eigenvalue weighted by molar-refractivity contribution is 5.55. The van der Waals surface area contributed by atoms with Crippen molar-refractivity contribution in [1.29, 1.82) is 0 Å². The smallest absolute Gasteiger partial charge is 0.258 e. The molecule has 1 aromatic rings. The molecule has 0 N–H and O–H groups in total. The number of nitro groups is 1. The molecule has 0 aromatic heterocycles. The number of hydrogen-bond acceptors (Lipinski definition) is 4. The minimum absolute atomic E-state index is 0.241. The monoisotopic (exact) mass is 196 g/mol. The van der Waals surface area contributed by atoms with E-state index in [1.807, 2.05) is 0 Å². The molecule has 0 saturated heterocycles. The molecule has 0 atom stereocenters. The fourth-order valence-corrected chi connectivity index (χ4v) is 0.987. The summed E-state index contributed by atoms with van der Waals surface area (Å²) in [4.78, 5) is 22.6. The van der Waals surface area contributed by atoms with Gasteiger partial charge in [0.15, 0.2) is 5.82 Å². The van der Waals surface area contributed by atoms with Gasteiger partial charge in [0.05, 0.1) is 11.0 Å². The average molecular weight is 196 g/mol. The van der Waals surface area contributed by atoms with Crippen LogP contribution in [0.4, 0.5) is 15.8 Å². The Bertz CT molecular complexity index is 411. The van der Waals surface area contributed by atoms with Crippen molar-refractivity contribution in [3.8, 4) is 0 Å². The second kappa shape index (κ2) is 3.76. The largest absolute Gasteiger partial charge is 0.275 e.